The zero-order chi connectivity index (χ0) is 25.2. The predicted molar refractivity (Wildman–Crippen MR) is 130 cm³/mol. The highest BCUT2D eigenvalue weighted by Gasteiger charge is 2.28. The lowest BCUT2D eigenvalue weighted by Crippen LogP contribution is -2.05. The number of nitrogens with zero attached hydrogens (tertiary/aromatic N) is 2. The summed E-state index contributed by atoms with van der Waals surface area (Å²) in [6.45, 7) is 0. The molecule has 0 amide bonds. The zero-order valence-corrected chi connectivity index (χ0v) is 19.5. The molecule has 9 nitrogen and oxygen atoms in total. The van der Waals surface area contributed by atoms with Gasteiger partial charge in [0.05, 0.1) is 35.7 Å². The van der Waals surface area contributed by atoms with E-state index in [1.54, 1.807) is 48.5 Å². The summed E-state index contributed by atoms with van der Waals surface area (Å²) >= 11 is 0. The van der Waals surface area contributed by atoms with Crippen molar-refractivity contribution in [1.29, 1.82) is 5.26 Å². The van der Waals surface area contributed by atoms with Crippen LogP contribution < -0.4 is 9.47 Å². The van der Waals surface area contributed by atoms with E-state index in [1.807, 2.05) is 0 Å². The van der Waals surface area contributed by atoms with Gasteiger partial charge in [0, 0.05) is 28.6 Å². The monoisotopic (exact) mass is 489 g/mol. The number of fused-ring (bicyclic) bond motifs is 1. The van der Waals surface area contributed by atoms with Gasteiger partial charge in [-0.3, -0.25) is 10.1 Å². The van der Waals surface area contributed by atoms with Gasteiger partial charge in [-0.2, -0.15) is 5.26 Å². The normalized spacial score (nSPS) is 11.7. The van der Waals surface area contributed by atoms with Crippen LogP contribution in [0.15, 0.2) is 76.7 Å². The molecule has 0 aliphatic heterocycles. The average Bonchev–Trinajstić information content (AvgIpc) is 3.27. The first-order valence-corrected chi connectivity index (χ1v) is 11.7. The Balaban J connectivity index is 1.93. The molecular formula is C25H19N3O6S. The van der Waals surface area contributed by atoms with Crippen molar-refractivity contribution in [2.45, 2.75) is 9.92 Å². The highest BCUT2D eigenvalue weighted by Crippen LogP contribution is 2.36. The lowest BCUT2D eigenvalue weighted by atomic mass is 10.0. The molecule has 4 rings (SSSR count). The second-order valence-corrected chi connectivity index (χ2v) is 9.30. The molecule has 0 fully saturated rings. The Labute approximate surface area is 200 Å². The van der Waals surface area contributed by atoms with Crippen LogP contribution in [-0.4, -0.2) is 32.5 Å². The van der Waals surface area contributed by atoms with E-state index in [2.05, 4.69) is 11.1 Å². The first kappa shape index (κ1) is 23.5. The highest BCUT2D eigenvalue weighted by molar-refractivity contribution is 7.91. The van der Waals surface area contributed by atoms with Crippen LogP contribution in [0.25, 0.3) is 22.6 Å². The molecule has 0 bridgehead atoms. The molecule has 0 saturated heterocycles. The number of nitro benzene ring substituents is 1. The average molecular weight is 490 g/mol. The second kappa shape index (κ2) is 9.32. The molecule has 0 atom stereocenters. The molecule has 0 radical (unpaired) electrons. The van der Waals surface area contributed by atoms with Gasteiger partial charge in [-0.15, -0.1) is 0 Å². The number of aromatic amines is 1. The van der Waals surface area contributed by atoms with Crippen molar-refractivity contribution in [2.75, 3.05) is 14.2 Å². The Kier molecular flexibility index (Phi) is 6.27. The number of ether oxygens (including phenoxy) is 2. The minimum Gasteiger partial charge on any atom is -0.493 e. The number of allylic oxidation sites excluding steroid dienone is 1. The topological polar surface area (TPSA) is 135 Å². The number of hydrogen-bond acceptors (Lipinski definition) is 7. The lowest BCUT2D eigenvalue weighted by molar-refractivity contribution is -0.384. The van der Waals surface area contributed by atoms with Gasteiger partial charge < -0.3 is 14.5 Å². The first-order valence-electron chi connectivity index (χ1n) is 10.2. The van der Waals surface area contributed by atoms with E-state index < -0.39 is 14.8 Å². The molecule has 10 heteroatoms. The van der Waals surface area contributed by atoms with Crippen LogP contribution in [0, 0.1) is 21.4 Å². The smallest absolute Gasteiger partial charge is 0.269 e. The maximum Gasteiger partial charge on any atom is 0.269 e. The van der Waals surface area contributed by atoms with Crippen molar-refractivity contribution in [2.24, 2.45) is 0 Å². The van der Waals surface area contributed by atoms with E-state index in [-0.39, 0.29) is 26.7 Å². The number of hydrogen-bond donors (Lipinski definition) is 1. The number of methoxy groups -OCH3 is 2. The Morgan fingerprint density at radius 1 is 1.03 bits per heavy atom. The molecule has 1 N–H and O–H groups in total. The summed E-state index contributed by atoms with van der Waals surface area (Å²) in [7, 11) is -1.16. The SMILES string of the molecule is COc1ccc(C=C(C#N)c2c(S(=O)(=O)c3ccc([N+](=O)[O-])cc3)[nH]c3ccccc23)cc1OC. The Bertz CT molecular complexity index is 1610. The van der Waals surface area contributed by atoms with E-state index in [0.717, 1.165) is 12.1 Å². The summed E-state index contributed by atoms with van der Waals surface area (Å²) in [5.41, 5.74) is 1.21. The van der Waals surface area contributed by atoms with Crippen molar-refractivity contribution >= 4 is 38.1 Å². The third-order valence-corrected chi connectivity index (χ3v) is 7.14. The van der Waals surface area contributed by atoms with Gasteiger partial charge in [0.2, 0.25) is 9.84 Å². The largest absolute Gasteiger partial charge is 0.493 e. The van der Waals surface area contributed by atoms with Gasteiger partial charge in [-0.05, 0) is 42.0 Å². The van der Waals surface area contributed by atoms with Gasteiger partial charge in [-0.25, -0.2) is 8.42 Å². The lowest BCUT2D eigenvalue weighted by Gasteiger charge is -2.09. The highest BCUT2D eigenvalue weighted by atomic mass is 32.2. The van der Waals surface area contributed by atoms with Crippen LogP contribution in [0.3, 0.4) is 0 Å². The van der Waals surface area contributed by atoms with E-state index in [1.165, 1.54) is 26.4 Å². The minimum atomic E-state index is -4.16. The van der Waals surface area contributed by atoms with Crippen LogP contribution in [0.1, 0.15) is 11.1 Å². The van der Waals surface area contributed by atoms with Crippen LogP contribution >= 0.6 is 0 Å². The van der Waals surface area contributed by atoms with Gasteiger partial charge >= 0.3 is 0 Å². The first-order chi connectivity index (χ1) is 16.8. The quantitative estimate of drug-likeness (QED) is 0.219. The number of nitro groups is 1. The fourth-order valence-electron chi connectivity index (χ4n) is 3.72. The molecule has 0 saturated carbocycles. The van der Waals surface area contributed by atoms with Crippen LogP contribution in [0.2, 0.25) is 0 Å². The molecule has 1 aromatic heterocycles. The van der Waals surface area contributed by atoms with Crippen molar-refractivity contribution in [1.82, 2.24) is 4.98 Å². The molecule has 0 aliphatic rings. The third kappa shape index (κ3) is 4.32. The Hall–Kier alpha value is -4.62. The van der Waals surface area contributed by atoms with E-state index in [0.29, 0.717) is 28.0 Å². The number of aromatic nitrogens is 1. The van der Waals surface area contributed by atoms with Crippen LogP contribution in [0.4, 0.5) is 5.69 Å². The number of para-hydroxylation sites is 1. The number of sulfone groups is 1. The molecule has 3 aromatic carbocycles. The number of rotatable bonds is 7. The fraction of sp³-hybridized carbons (Fsp3) is 0.0800. The summed E-state index contributed by atoms with van der Waals surface area (Å²) in [6.07, 6.45) is 1.56. The summed E-state index contributed by atoms with van der Waals surface area (Å²) in [5.74, 6) is 0.966. The number of benzene rings is 3. The van der Waals surface area contributed by atoms with E-state index in [9.17, 15) is 23.8 Å². The van der Waals surface area contributed by atoms with Crippen molar-refractivity contribution in [3.63, 3.8) is 0 Å². The molecule has 176 valence electrons. The summed E-state index contributed by atoms with van der Waals surface area (Å²) in [6, 6.07) is 18.7. The fourth-order valence-corrected chi connectivity index (χ4v) is 5.18. The number of nitrogens with one attached hydrogen (secondary N) is 1. The molecule has 35 heavy (non-hydrogen) atoms. The van der Waals surface area contributed by atoms with Crippen LogP contribution in [-0.2, 0) is 9.84 Å². The van der Waals surface area contributed by atoms with Gasteiger partial charge in [0.15, 0.2) is 11.5 Å². The molecule has 4 aromatic rings. The molecular weight excluding hydrogens is 470 g/mol. The number of H-pyrrole nitrogens is 1. The third-order valence-electron chi connectivity index (χ3n) is 5.41. The van der Waals surface area contributed by atoms with E-state index >= 15 is 0 Å². The van der Waals surface area contributed by atoms with Gasteiger partial charge in [0.1, 0.15) is 5.03 Å². The van der Waals surface area contributed by atoms with Crippen LogP contribution in [0.5, 0.6) is 11.5 Å². The molecule has 0 unspecified atom stereocenters. The number of nitriles is 1. The predicted octanol–water partition coefficient (Wildman–Crippen LogP) is 4.99. The summed E-state index contributed by atoms with van der Waals surface area (Å²) in [4.78, 5) is 13.2. The Morgan fingerprint density at radius 3 is 2.34 bits per heavy atom. The van der Waals surface area contributed by atoms with Crippen molar-refractivity contribution in [3.8, 4) is 17.6 Å². The zero-order valence-electron chi connectivity index (χ0n) is 18.7. The van der Waals surface area contributed by atoms with Gasteiger partial charge in [-0.1, -0.05) is 24.3 Å². The maximum absolute atomic E-state index is 13.6. The van der Waals surface area contributed by atoms with Crippen molar-refractivity contribution in [3.05, 3.63) is 88.0 Å². The molecule has 0 aliphatic carbocycles. The second-order valence-electron chi connectivity index (χ2n) is 7.41. The van der Waals surface area contributed by atoms with Crippen molar-refractivity contribution < 1.29 is 22.8 Å². The standard InChI is InChI=1S/C25H19N3O6S/c1-33-22-12-7-16(14-23(22)34-2)13-17(15-26)24-20-5-3-4-6-21(20)27-25(24)35(31,32)19-10-8-18(9-11-19)28(29)30/h3-14,27H,1-2H3. The number of non-ortho nitro benzene ring substituents is 1. The van der Waals surface area contributed by atoms with Gasteiger partial charge in [0.25, 0.3) is 5.69 Å². The Morgan fingerprint density at radius 2 is 1.71 bits per heavy atom. The molecule has 0 spiro atoms. The minimum absolute atomic E-state index is 0.107. The maximum atomic E-state index is 13.6. The summed E-state index contributed by atoms with van der Waals surface area (Å²) < 4.78 is 37.8. The summed E-state index contributed by atoms with van der Waals surface area (Å²) in [5, 5.41) is 21.4. The molecule has 1 heterocycles. The van der Waals surface area contributed by atoms with E-state index in [4.69, 9.17) is 9.47 Å².